The van der Waals surface area contributed by atoms with Crippen molar-refractivity contribution in [3.8, 4) is 0 Å². The Labute approximate surface area is 81.6 Å². The zero-order chi connectivity index (χ0) is 8.32. The molecule has 1 saturated heterocycles. The van der Waals surface area contributed by atoms with Gasteiger partial charge in [0.05, 0.1) is 13.2 Å². The van der Waals surface area contributed by atoms with Gasteiger partial charge >= 0.3 is 7.60 Å². The van der Waals surface area contributed by atoms with Gasteiger partial charge in [0.2, 0.25) is 0 Å². The number of morpholine rings is 1. The Kier molecular flexibility index (Phi) is 5.56. The summed E-state index contributed by atoms with van der Waals surface area (Å²) in [5, 5.41) is 0. The van der Waals surface area contributed by atoms with Crippen molar-refractivity contribution in [2.24, 2.45) is 0 Å². The van der Waals surface area contributed by atoms with Gasteiger partial charge in [-0.15, -0.1) is 17.0 Å². The van der Waals surface area contributed by atoms with Gasteiger partial charge in [-0.1, -0.05) is 0 Å². The van der Waals surface area contributed by atoms with Crippen molar-refractivity contribution in [3.05, 3.63) is 0 Å². The molecular formula is C5H13BrNO4P. The number of ether oxygens (including phenoxy) is 1. The second-order valence-electron chi connectivity index (χ2n) is 2.54. The SMILES string of the molecule is Br.O=P(O)(O)CN1CCOCC1. The van der Waals surface area contributed by atoms with Crippen LogP contribution in [0.15, 0.2) is 0 Å². The van der Waals surface area contributed by atoms with Crippen LogP contribution in [-0.2, 0) is 9.30 Å². The molecule has 0 aliphatic carbocycles. The summed E-state index contributed by atoms with van der Waals surface area (Å²) in [5.74, 6) is 0. The molecule has 1 fully saturated rings. The van der Waals surface area contributed by atoms with Gasteiger partial charge in [0, 0.05) is 13.1 Å². The van der Waals surface area contributed by atoms with Crippen LogP contribution in [0.2, 0.25) is 0 Å². The van der Waals surface area contributed by atoms with E-state index in [1.54, 1.807) is 4.90 Å². The fourth-order valence-electron chi connectivity index (χ4n) is 1.00. The summed E-state index contributed by atoms with van der Waals surface area (Å²) in [5.41, 5.74) is 0. The van der Waals surface area contributed by atoms with Gasteiger partial charge in [0.15, 0.2) is 0 Å². The summed E-state index contributed by atoms with van der Waals surface area (Å²) in [6, 6.07) is 0. The van der Waals surface area contributed by atoms with Crippen LogP contribution in [-0.4, -0.2) is 47.3 Å². The number of nitrogens with zero attached hydrogens (tertiary/aromatic N) is 1. The molecule has 0 amide bonds. The number of halogens is 1. The molecule has 0 unspecified atom stereocenters. The molecule has 1 rings (SSSR count). The maximum absolute atomic E-state index is 10.5. The highest BCUT2D eigenvalue weighted by molar-refractivity contribution is 8.93. The van der Waals surface area contributed by atoms with E-state index in [0.717, 1.165) is 0 Å². The van der Waals surface area contributed by atoms with Crippen LogP contribution in [0.4, 0.5) is 0 Å². The van der Waals surface area contributed by atoms with Crippen LogP contribution in [0.1, 0.15) is 0 Å². The summed E-state index contributed by atoms with van der Waals surface area (Å²) in [6.07, 6.45) is -0.143. The van der Waals surface area contributed by atoms with Crippen molar-refractivity contribution in [3.63, 3.8) is 0 Å². The highest BCUT2D eigenvalue weighted by Gasteiger charge is 2.20. The van der Waals surface area contributed by atoms with Crippen LogP contribution in [0.25, 0.3) is 0 Å². The van der Waals surface area contributed by atoms with Crippen molar-refractivity contribution in [2.45, 2.75) is 0 Å². The van der Waals surface area contributed by atoms with Crippen LogP contribution >= 0.6 is 24.6 Å². The lowest BCUT2D eigenvalue weighted by molar-refractivity contribution is 0.0440. The predicted molar refractivity (Wildman–Crippen MR) is 49.6 cm³/mol. The fourth-order valence-corrected chi connectivity index (χ4v) is 1.81. The molecule has 7 heteroatoms. The van der Waals surface area contributed by atoms with Gasteiger partial charge < -0.3 is 14.5 Å². The average molecular weight is 262 g/mol. The summed E-state index contributed by atoms with van der Waals surface area (Å²) in [7, 11) is -3.86. The van der Waals surface area contributed by atoms with E-state index in [0.29, 0.717) is 26.3 Å². The highest BCUT2D eigenvalue weighted by Crippen LogP contribution is 2.34. The third-order valence-electron chi connectivity index (χ3n) is 1.49. The lowest BCUT2D eigenvalue weighted by Gasteiger charge is -2.26. The van der Waals surface area contributed by atoms with Gasteiger partial charge in [0.1, 0.15) is 6.29 Å². The van der Waals surface area contributed by atoms with Gasteiger partial charge in [-0.2, -0.15) is 0 Å². The average Bonchev–Trinajstić information content (AvgIpc) is 1.85. The third-order valence-corrected chi connectivity index (χ3v) is 2.26. The molecule has 0 spiro atoms. The minimum atomic E-state index is -3.86. The van der Waals surface area contributed by atoms with Gasteiger partial charge in [-0.05, 0) is 0 Å². The van der Waals surface area contributed by atoms with Crippen molar-refractivity contribution in [1.29, 1.82) is 0 Å². The lowest BCUT2D eigenvalue weighted by atomic mass is 10.5. The van der Waals surface area contributed by atoms with Crippen molar-refractivity contribution >= 4 is 24.6 Å². The topological polar surface area (TPSA) is 70.0 Å². The molecule has 0 aromatic heterocycles. The number of hydrogen-bond donors (Lipinski definition) is 2. The van der Waals surface area contributed by atoms with Crippen molar-refractivity contribution < 1.29 is 19.1 Å². The summed E-state index contributed by atoms with van der Waals surface area (Å²) in [6.45, 7) is 2.37. The standard InChI is InChI=1S/C5H12NO4P.BrH/c7-11(8,9)5-6-1-3-10-4-2-6;/h1-5H2,(H2,7,8,9);1H. The molecule has 74 valence electrons. The molecule has 0 aromatic carbocycles. The Bertz CT molecular complexity index is 167. The fraction of sp³-hybridized carbons (Fsp3) is 1.00. The van der Waals surface area contributed by atoms with E-state index in [4.69, 9.17) is 14.5 Å². The molecule has 0 atom stereocenters. The Morgan fingerprint density at radius 1 is 1.33 bits per heavy atom. The zero-order valence-corrected chi connectivity index (χ0v) is 9.16. The summed E-state index contributed by atoms with van der Waals surface area (Å²) in [4.78, 5) is 18.9. The molecule has 0 aromatic rings. The second kappa shape index (κ2) is 5.32. The second-order valence-corrected chi connectivity index (χ2v) is 4.15. The first kappa shape index (κ1) is 12.6. The van der Waals surface area contributed by atoms with Crippen LogP contribution in [0, 0.1) is 0 Å². The quantitative estimate of drug-likeness (QED) is 0.687. The Morgan fingerprint density at radius 3 is 2.25 bits per heavy atom. The molecule has 0 saturated carbocycles. The monoisotopic (exact) mass is 261 g/mol. The number of hydrogen-bond acceptors (Lipinski definition) is 3. The Hall–Kier alpha value is 0.550. The zero-order valence-electron chi connectivity index (χ0n) is 6.55. The van der Waals surface area contributed by atoms with Crippen molar-refractivity contribution in [2.75, 3.05) is 32.6 Å². The molecule has 1 heterocycles. The van der Waals surface area contributed by atoms with E-state index in [1.807, 2.05) is 0 Å². The first-order chi connectivity index (χ1) is 5.08. The molecule has 0 bridgehead atoms. The van der Waals surface area contributed by atoms with E-state index in [-0.39, 0.29) is 23.3 Å². The predicted octanol–water partition coefficient (Wildman–Crippen LogP) is 0.0317. The number of rotatable bonds is 2. The van der Waals surface area contributed by atoms with E-state index < -0.39 is 7.60 Å². The molecule has 0 radical (unpaired) electrons. The molecule has 2 N–H and O–H groups in total. The first-order valence-electron chi connectivity index (χ1n) is 3.42. The maximum atomic E-state index is 10.5. The molecule has 1 aliphatic heterocycles. The molecule has 1 aliphatic rings. The highest BCUT2D eigenvalue weighted by atomic mass is 79.9. The van der Waals surface area contributed by atoms with Crippen LogP contribution < -0.4 is 0 Å². The molecular weight excluding hydrogens is 249 g/mol. The van der Waals surface area contributed by atoms with E-state index in [1.165, 1.54) is 0 Å². The van der Waals surface area contributed by atoms with Crippen LogP contribution in [0.5, 0.6) is 0 Å². The van der Waals surface area contributed by atoms with E-state index in [9.17, 15) is 4.57 Å². The van der Waals surface area contributed by atoms with E-state index in [2.05, 4.69) is 0 Å². The normalized spacial score (nSPS) is 20.2. The van der Waals surface area contributed by atoms with Crippen molar-refractivity contribution in [1.82, 2.24) is 4.90 Å². The maximum Gasteiger partial charge on any atom is 0.339 e. The first-order valence-corrected chi connectivity index (χ1v) is 5.22. The third kappa shape index (κ3) is 5.24. The van der Waals surface area contributed by atoms with Crippen LogP contribution in [0.3, 0.4) is 0 Å². The smallest absolute Gasteiger partial charge is 0.339 e. The molecule has 5 nitrogen and oxygen atoms in total. The lowest BCUT2D eigenvalue weighted by Crippen LogP contribution is -2.36. The summed E-state index contributed by atoms with van der Waals surface area (Å²) >= 11 is 0. The Morgan fingerprint density at radius 2 is 1.83 bits per heavy atom. The van der Waals surface area contributed by atoms with Gasteiger partial charge in [-0.3, -0.25) is 9.46 Å². The molecule has 12 heavy (non-hydrogen) atoms. The largest absolute Gasteiger partial charge is 0.379 e. The van der Waals surface area contributed by atoms with E-state index >= 15 is 0 Å². The minimum absolute atomic E-state index is 0. The minimum Gasteiger partial charge on any atom is -0.379 e. The van der Waals surface area contributed by atoms with Gasteiger partial charge in [0.25, 0.3) is 0 Å². The summed E-state index contributed by atoms with van der Waals surface area (Å²) < 4.78 is 15.5. The Balaban J connectivity index is 0.00000121. The van der Waals surface area contributed by atoms with Gasteiger partial charge in [-0.25, -0.2) is 0 Å².